The van der Waals surface area contributed by atoms with E-state index in [0.29, 0.717) is 28.6 Å². The van der Waals surface area contributed by atoms with Crippen molar-refractivity contribution in [3.63, 3.8) is 0 Å². The SMILES string of the molecule is C=CCn1nnc(C=O)c1-c1ccc(Cl)c(Cl)c1. The average Bonchev–Trinajstić information content (AvgIpc) is 2.76. The van der Waals surface area contributed by atoms with Gasteiger partial charge in [0.15, 0.2) is 12.0 Å². The molecule has 1 heterocycles. The van der Waals surface area contributed by atoms with Gasteiger partial charge < -0.3 is 0 Å². The zero-order chi connectivity index (χ0) is 13.1. The second-order valence-corrected chi connectivity index (χ2v) is 4.36. The third-order valence-corrected chi connectivity index (χ3v) is 3.11. The molecule has 0 spiro atoms. The number of allylic oxidation sites excluding steroid dienone is 1. The molecule has 0 radical (unpaired) electrons. The average molecular weight is 282 g/mol. The molecule has 0 aliphatic rings. The molecule has 0 atom stereocenters. The van der Waals surface area contributed by atoms with Crippen molar-refractivity contribution in [2.75, 3.05) is 0 Å². The molecule has 0 fully saturated rings. The van der Waals surface area contributed by atoms with Crippen LogP contribution in [-0.2, 0) is 6.54 Å². The summed E-state index contributed by atoms with van der Waals surface area (Å²) in [5.74, 6) is 0. The maximum absolute atomic E-state index is 11.0. The lowest BCUT2D eigenvalue weighted by molar-refractivity contribution is 0.111. The van der Waals surface area contributed by atoms with Gasteiger partial charge in [0.1, 0.15) is 0 Å². The summed E-state index contributed by atoms with van der Waals surface area (Å²) in [4.78, 5) is 11.0. The fourth-order valence-corrected chi connectivity index (χ4v) is 1.89. The van der Waals surface area contributed by atoms with Crippen LogP contribution in [0.25, 0.3) is 11.3 Å². The number of benzene rings is 1. The molecule has 18 heavy (non-hydrogen) atoms. The highest BCUT2D eigenvalue weighted by Crippen LogP contribution is 2.29. The third-order valence-electron chi connectivity index (χ3n) is 2.37. The molecule has 6 heteroatoms. The molecule has 0 saturated heterocycles. The molecule has 4 nitrogen and oxygen atoms in total. The van der Waals surface area contributed by atoms with Gasteiger partial charge in [-0.25, -0.2) is 4.68 Å². The van der Waals surface area contributed by atoms with E-state index in [1.807, 2.05) is 0 Å². The van der Waals surface area contributed by atoms with Gasteiger partial charge >= 0.3 is 0 Å². The van der Waals surface area contributed by atoms with Crippen molar-refractivity contribution in [3.8, 4) is 11.3 Å². The van der Waals surface area contributed by atoms with Gasteiger partial charge in [-0.15, -0.1) is 11.7 Å². The van der Waals surface area contributed by atoms with Crippen molar-refractivity contribution in [1.29, 1.82) is 0 Å². The van der Waals surface area contributed by atoms with Gasteiger partial charge in [-0.2, -0.15) is 0 Å². The Hall–Kier alpha value is -1.65. The summed E-state index contributed by atoms with van der Waals surface area (Å²) in [6, 6.07) is 5.10. The van der Waals surface area contributed by atoms with E-state index < -0.39 is 0 Å². The molecule has 0 aliphatic heterocycles. The zero-order valence-corrected chi connectivity index (χ0v) is 10.8. The van der Waals surface area contributed by atoms with Crippen LogP contribution < -0.4 is 0 Å². The highest BCUT2D eigenvalue weighted by Gasteiger charge is 2.14. The fourth-order valence-electron chi connectivity index (χ4n) is 1.60. The Morgan fingerprint density at radius 3 is 2.72 bits per heavy atom. The van der Waals surface area contributed by atoms with E-state index in [9.17, 15) is 4.79 Å². The third kappa shape index (κ3) is 2.30. The number of halogens is 2. The number of carbonyl (C=O) groups is 1. The number of carbonyl (C=O) groups excluding carboxylic acids is 1. The topological polar surface area (TPSA) is 47.8 Å². The second kappa shape index (κ2) is 5.33. The Bertz CT molecular complexity index is 607. The predicted octanol–water partition coefficient (Wildman–Crippen LogP) is 3.25. The van der Waals surface area contributed by atoms with Crippen LogP contribution in [0.15, 0.2) is 30.9 Å². The Morgan fingerprint density at radius 2 is 2.11 bits per heavy atom. The van der Waals surface area contributed by atoms with Gasteiger partial charge in [-0.1, -0.05) is 40.6 Å². The predicted molar refractivity (Wildman–Crippen MR) is 71.1 cm³/mol. The number of nitrogens with zero attached hydrogens (tertiary/aromatic N) is 3. The Morgan fingerprint density at radius 1 is 1.33 bits per heavy atom. The maximum atomic E-state index is 11.0. The molecule has 2 rings (SSSR count). The van der Waals surface area contributed by atoms with E-state index in [1.165, 1.54) is 0 Å². The Kier molecular flexibility index (Phi) is 3.79. The zero-order valence-electron chi connectivity index (χ0n) is 9.31. The van der Waals surface area contributed by atoms with Crippen LogP contribution in [0.3, 0.4) is 0 Å². The molecular formula is C12H9Cl2N3O. The first kappa shape index (κ1) is 12.8. The van der Waals surface area contributed by atoms with Gasteiger partial charge in [0.2, 0.25) is 0 Å². The molecule has 0 aliphatic carbocycles. The van der Waals surface area contributed by atoms with Crippen LogP contribution in [0.2, 0.25) is 10.0 Å². The minimum absolute atomic E-state index is 0.259. The van der Waals surface area contributed by atoms with Crippen molar-refractivity contribution in [2.24, 2.45) is 0 Å². The normalized spacial score (nSPS) is 10.3. The Labute approximate surface area is 114 Å². The minimum Gasteiger partial charge on any atom is -0.296 e. The van der Waals surface area contributed by atoms with E-state index in [4.69, 9.17) is 23.2 Å². The maximum Gasteiger partial charge on any atom is 0.172 e. The largest absolute Gasteiger partial charge is 0.296 e. The monoisotopic (exact) mass is 281 g/mol. The first-order chi connectivity index (χ1) is 8.67. The summed E-state index contributed by atoms with van der Waals surface area (Å²) in [6.45, 7) is 4.09. The molecule has 92 valence electrons. The van der Waals surface area contributed by atoms with Crippen LogP contribution >= 0.6 is 23.2 Å². The molecule has 0 saturated carbocycles. The van der Waals surface area contributed by atoms with E-state index >= 15 is 0 Å². The standard InChI is InChI=1S/C12H9Cl2N3O/c1-2-5-17-12(11(7-18)15-16-17)8-3-4-9(13)10(14)6-8/h2-4,6-7H,1,5H2. The molecule has 0 N–H and O–H groups in total. The second-order valence-electron chi connectivity index (χ2n) is 3.54. The number of aromatic nitrogens is 3. The molecule has 0 bridgehead atoms. The van der Waals surface area contributed by atoms with Crippen LogP contribution in [0.4, 0.5) is 0 Å². The van der Waals surface area contributed by atoms with Crippen molar-refractivity contribution in [1.82, 2.24) is 15.0 Å². The van der Waals surface area contributed by atoms with Crippen LogP contribution in [-0.4, -0.2) is 21.3 Å². The van der Waals surface area contributed by atoms with E-state index in [0.717, 1.165) is 5.56 Å². The minimum atomic E-state index is 0.259. The van der Waals surface area contributed by atoms with Crippen LogP contribution in [0.5, 0.6) is 0 Å². The van der Waals surface area contributed by atoms with Crippen LogP contribution in [0, 0.1) is 0 Å². The summed E-state index contributed by atoms with van der Waals surface area (Å²) in [7, 11) is 0. The molecule has 0 amide bonds. The first-order valence-corrected chi connectivity index (χ1v) is 5.88. The first-order valence-electron chi connectivity index (χ1n) is 5.12. The molecule has 0 unspecified atom stereocenters. The number of rotatable bonds is 4. The summed E-state index contributed by atoms with van der Waals surface area (Å²) < 4.78 is 1.58. The smallest absolute Gasteiger partial charge is 0.172 e. The number of hydrogen-bond donors (Lipinski definition) is 0. The Balaban J connectivity index is 2.60. The van der Waals surface area contributed by atoms with Crippen molar-refractivity contribution < 1.29 is 4.79 Å². The van der Waals surface area contributed by atoms with Gasteiger partial charge in [0.05, 0.1) is 22.3 Å². The summed E-state index contributed by atoms with van der Waals surface area (Å²) in [5.41, 5.74) is 1.59. The summed E-state index contributed by atoms with van der Waals surface area (Å²) in [6.07, 6.45) is 2.33. The highest BCUT2D eigenvalue weighted by molar-refractivity contribution is 6.42. The lowest BCUT2D eigenvalue weighted by Crippen LogP contribution is -2.01. The molecular weight excluding hydrogens is 273 g/mol. The van der Waals surface area contributed by atoms with Crippen molar-refractivity contribution >= 4 is 29.5 Å². The van der Waals surface area contributed by atoms with E-state index in [1.54, 1.807) is 29.0 Å². The lowest BCUT2D eigenvalue weighted by Gasteiger charge is -2.05. The van der Waals surface area contributed by atoms with E-state index in [-0.39, 0.29) is 5.69 Å². The van der Waals surface area contributed by atoms with Gasteiger partial charge in [-0.05, 0) is 12.1 Å². The number of hydrogen-bond acceptors (Lipinski definition) is 3. The fraction of sp³-hybridized carbons (Fsp3) is 0.0833. The lowest BCUT2D eigenvalue weighted by atomic mass is 10.1. The van der Waals surface area contributed by atoms with Gasteiger partial charge in [0, 0.05) is 5.56 Å². The summed E-state index contributed by atoms with van der Waals surface area (Å²) >= 11 is 11.8. The number of aldehydes is 1. The van der Waals surface area contributed by atoms with Crippen LogP contribution in [0.1, 0.15) is 10.5 Å². The molecule has 1 aromatic heterocycles. The molecule has 2 aromatic rings. The van der Waals surface area contributed by atoms with Crippen molar-refractivity contribution in [2.45, 2.75) is 6.54 Å². The van der Waals surface area contributed by atoms with Gasteiger partial charge in [0.25, 0.3) is 0 Å². The quantitative estimate of drug-likeness (QED) is 0.638. The van der Waals surface area contributed by atoms with Crippen molar-refractivity contribution in [3.05, 3.63) is 46.6 Å². The highest BCUT2D eigenvalue weighted by atomic mass is 35.5. The van der Waals surface area contributed by atoms with E-state index in [2.05, 4.69) is 16.9 Å². The van der Waals surface area contributed by atoms with Gasteiger partial charge in [-0.3, -0.25) is 4.79 Å². The molecule has 1 aromatic carbocycles. The summed E-state index contributed by atoms with van der Waals surface area (Å²) in [5, 5.41) is 8.56.